The molecule has 0 aromatic heterocycles. The van der Waals surface area contributed by atoms with Gasteiger partial charge in [0, 0.05) is 24.9 Å². The Balaban J connectivity index is 1.30. The molecule has 3 aromatic rings. The minimum Gasteiger partial charge on any atom is -0.449 e. The third-order valence-corrected chi connectivity index (χ3v) is 5.17. The Hall–Kier alpha value is -3.85. The first-order valence-corrected chi connectivity index (χ1v) is 9.87. The first-order chi connectivity index (χ1) is 15.0. The highest BCUT2D eigenvalue weighted by Crippen LogP contribution is 2.44. The molecule has 1 amide bonds. The lowest BCUT2D eigenvalue weighted by Crippen LogP contribution is -2.26. The number of carbonyl (C=O) groups excluding carboxylic acids is 1. The van der Waals surface area contributed by atoms with Crippen molar-refractivity contribution in [1.82, 2.24) is 5.32 Å². The molecule has 1 aliphatic rings. The van der Waals surface area contributed by atoms with Crippen LogP contribution >= 0.6 is 0 Å². The SMILES string of the molecule is Nc1cc(F)c(C#CCCNC(=O)OCC2c3ccccc3-c3ccccc32)cc1F. The predicted molar refractivity (Wildman–Crippen MR) is 115 cm³/mol. The van der Waals surface area contributed by atoms with Crippen molar-refractivity contribution in [2.24, 2.45) is 0 Å². The maximum atomic E-state index is 13.7. The maximum Gasteiger partial charge on any atom is 0.407 e. The van der Waals surface area contributed by atoms with Crippen molar-refractivity contribution < 1.29 is 18.3 Å². The summed E-state index contributed by atoms with van der Waals surface area (Å²) in [7, 11) is 0. The van der Waals surface area contributed by atoms with Crippen molar-refractivity contribution >= 4 is 11.8 Å². The summed E-state index contributed by atoms with van der Waals surface area (Å²) >= 11 is 0. The zero-order valence-electron chi connectivity index (χ0n) is 16.6. The summed E-state index contributed by atoms with van der Waals surface area (Å²) in [5.41, 5.74) is 9.56. The highest BCUT2D eigenvalue weighted by Gasteiger charge is 2.28. The minimum absolute atomic E-state index is 0.0127. The fourth-order valence-corrected chi connectivity index (χ4v) is 3.69. The normalized spacial score (nSPS) is 11.8. The van der Waals surface area contributed by atoms with E-state index in [4.69, 9.17) is 10.5 Å². The van der Waals surface area contributed by atoms with Gasteiger partial charge in [-0.1, -0.05) is 60.4 Å². The lowest BCUT2D eigenvalue weighted by atomic mass is 9.98. The van der Waals surface area contributed by atoms with Crippen LogP contribution in [0.3, 0.4) is 0 Å². The van der Waals surface area contributed by atoms with Crippen LogP contribution in [0.5, 0.6) is 0 Å². The number of nitrogen functional groups attached to an aromatic ring is 1. The quantitative estimate of drug-likeness (QED) is 0.363. The van der Waals surface area contributed by atoms with Crippen LogP contribution in [0, 0.1) is 23.5 Å². The van der Waals surface area contributed by atoms with Gasteiger partial charge in [0.2, 0.25) is 0 Å². The van der Waals surface area contributed by atoms with Gasteiger partial charge in [-0.2, -0.15) is 0 Å². The van der Waals surface area contributed by atoms with Gasteiger partial charge in [-0.3, -0.25) is 0 Å². The molecule has 3 N–H and O–H groups in total. The van der Waals surface area contributed by atoms with Gasteiger partial charge in [0.25, 0.3) is 0 Å². The average molecular weight is 418 g/mol. The summed E-state index contributed by atoms with van der Waals surface area (Å²) < 4.78 is 32.5. The Morgan fingerprint density at radius 1 is 1.00 bits per heavy atom. The lowest BCUT2D eigenvalue weighted by molar-refractivity contribution is 0.143. The molecule has 0 atom stereocenters. The van der Waals surface area contributed by atoms with E-state index in [1.54, 1.807) is 0 Å². The van der Waals surface area contributed by atoms with Crippen LogP contribution in [0.1, 0.15) is 29.0 Å². The zero-order valence-corrected chi connectivity index (χ0v) is 16.6. The van der Waals surface area contributed by atoms with E-state index in [-0.39, 0.29) is 36.7 Å². The number of anilines is 1. The largest absolute Gasteiger partial charge is 0.449 e. The second kappa shape index (κ2) is 8.88. The first kappa shape index (κ1) is 20.4. The molecular formula is C25H20F2N2O2. The molecule has 0 unspecified atom stereocenters. The standard InChI is InChI=1S/C25H20F2N2O2/c26-22-14-24(28)23(27)13-16(22)7-5-6-12-29-25(30)31-15-21-19-10-3-1-8-17(19)18-9-2-4-11-20(18)21/h1-4,8-11,13-14,21H,6,12,15,28H2,(H,29,30). The summed E-state index contributed by atoms with van der Waals surface area (Å²) in [6.45, 7) is 0.449. The molecule has 0 aliphatic heterocycles. The predicted octanol–water partition coefficient (Wildman–Crippen LogP) is 4.83. The molecule has 0 fully saturated rings. The number of alkyl carbamates (subject to hydrolysis) is 1. The van der Waals surface area contributed by atoms with E-state index in [2.05, 4.69) is 41.4 Å². The Kier molecular flexibility index (Phi) is 5.85. The Morgan fingerprint density at radius 2 is 1.65 bits per heavy atom. The summed E-state index contributed by atoms with van der Waals surface area (Å²) in [6, 6.07) is 18.1. The molecule has 31 heavy (non-hydrogen) atoms. The van der Waals surface area contributed by atoms with Crippen molar-refractivity contribution in [3.05, 3.63) is 89.0 Å². The van der Waals surface area contributed by atoms with Crippen molar-refractivity contribution in [2.75, 3.05) is 18.9 Å². The van der Waals surface area contributed by atoms with E-state index in [9.17, 15) is 13.6 Å². The van der Waals surface area contributed by atoms with Crippen molar-refractivity contribution in [3.63, 3.8) is 0 Å². The molecule has 4 rings (SSSR count). The van der Waals surface area contributed by atoms with Crippen LogP contribution in [0.2, 0.25) is 0 Å². The number of amides is 1. The maximum absolute atomic E-state index is 13.7. The summed E-state index contributed by atoms with van der Waals surface area (Å²) in [5.74, 6) is 3.82. The molecule has 0 heterocycles. The number of carbonyl (C=O) groups is 1. The topological polar surface area (TPSA) is 64.3 Å². The first-order valence-electron chi connectivity index (χ1n) is 9.87. The average Bonchev–Trinajstić information content (AvgIpc) is 3.09. The van der Waals surface area contributed by atoms with Crippen LogP contribution in [0.4, 0.5) is 19.3 Å². The van der Waals surface area contributed by atoms with Gasteiger partial charge >= 0.3 is 6.09 Å². The van der Waals surface area contributed by atoms with Crippen LogP contribution in [0.25, 0.3) is 11.1 Å². The van der Waals surface area contributed by atoms with Crippen LogP contribution in [-0.2, 0) is 4.74 Å². The van der Waals surface area contributed by atoms with Gasteiger partial charge in [0.15, 0.2) is 0 Å². The summed E-state index contributed by atoms with van der Waals surface area (Å²) in [6.07, 6.45) is -0.288. The van der Waals surface area contributed by atoms with Gasteiger partial charge < -0.3 is 15.8 Å². The second-order valence-corrected chi connectivity index (χ2v) is 7.16. The van der Waals surface area contributed by atoms with Gasteiger partial charge in [-0.15, -0.1) is 0 Å². The van der Waals surface area contributed by atoms with E-state index in [0.29, 0.717) is 0 Å². The number of nitrogens with one attached hydrogen (secondary N) is 1. The van der Waals surface area contributed by atoms with Crippen molar-refractivity contribution in [3.8, 4) is 23.0 Å². The number of benzene rings is 3. The molecule has 0 radical (unpaired) electrons. The number of nitrogens with two attached hydrogens (primary N) is 1. The van der Waals surface area contributed by atoms with E-state index < -0.39 is 17.7 Å². The molecule has 6 heteroatoms. The van der Waals surface area contributed by atoms with Gasteiger partial charge in [-0.25, -0.2) is 13.6 Å². The number of hydrogen-bond acceptors (Lipinski definition) is 3. The fourth-order valence-electron chi connectivity index (χ4n) is 3.69. The van der Waals surface area contributed by atoms with E-state index in [1.807, 2.05) is 24.3 Å². The van der Waals surface area contributed by atoms with Gasteiger partial charge in [0.1, 0.15) is 18.2 Å². The van der Waals surface area contributed by atoms with Crippen LogP contribution in [-0.4, -0.2) is 19.2 Å². The molecule has 4 nitrogen and oxygen atoms in total. The van der Waals surface area contributed by atoms with E-state index in [0.717, 1.165) is 34.4 Å². The van der Waals surface area contributed by atoms with Gasteiger partial charge in [0.05, 0.1) is 11.3 Å². The number of hydrogen-bond donors (Lipinski definition) is 2. The molecule has 1 aliphatic carbocycles. The van der Waals surface area contributed by atoms with Gasteiger partial charge in [-0.05, 0) is 28.3 Å². The molecular weight excluding hydrogens is 398 g/mol. The number of rotatable bonds is 4. The summed E-state index contributed by atoms with van der Waals surface area (Å²) in [5, 5.41) is 2.62. The number of ether oxygens (including phenoxy) is 1. The zero-order chi connectivity index (χ0) is 21.8. The Morgan fingerprint density at radius 3 is 2.32 bits per heavy atom. The fraction of sp³-hybridized carbons (Fsp3) is 0.160. The highest BCUT2D eigenvalue weighted by molar-refractivity contribution is 5.79. The number of fused-ring (bicyclic) bond motifs is 3. The third-order valence-electron chi connectivity index (χ3n) is 5.17. The molecule has 0 saturated carbocycles. The van der Waals surface area contributed by atoms with E-state index >= 15 is 0 Å². The van der Waals surface area contributed by atoms with Crippen molar-refractivity contribution in [2.45, 2.75) is 12.3 Å². The highest BCUT2D eigenvalue weighted by atomic mass is 19.1. The Labute approximate surface area is 179 Å². The van der Waals surface area contributed by atoms with Crippen LogP contribution < -0.4 is 11.1 Å². The molecule has 156 valence electrons. The third kappa shape index (κ3) is 4.36. The molecule has 0 spiro atoms. The van der Waals surface area contributed by atoms with Crippen LogP contribution in [0.15, 0.2) is 60.7 Å². The molecule has 3 aromatic carbocycles. The van der Waals surface area contributed by atoms with E-state index in [1.165, 1.54) is 0 Å². The number of halogens is 2. The second-order valence-electron chi connectivity index (χ2n) is 7.16. The minimum atomic E-state index is -0.720. The summed E-state index contributed by atoms with van der Waals surface area (Å²) in [4.78, 5) is 12.1. The van der Waals surface area contributed by atoms with Crippen molar-refractivity contribution in [1.29, 1.82) is 0 Å². The Bertz CT molecular complexity index is 1150. The smallest absolute Gasteiger partial charge is 0.407 e. The molecule has 0 bridgehead atoms. The monoisotopic (exact) mass is 418 g/mol. The molecule has 0 saturated heterocycles. The lowest BCUT2D eigenvalue weighted by Gasteiger charge is -2.14.